The summed E-state index contributed by atoms with van der Waals surface area (Å²) in [7, 11) is 1.53. The van der Waals surface area contributed by atoms with E-state index in [2.05, 4.69) is 4.99 Å². The SMILES string of the molecule is COc1ccc(O)c(C=NCCN2C(=O)S/C(=C\c3ccccc3Cl)C2=O)c1. The molecule has 1 saturated heterocycles. The van der Waals surface area contributed by atoms with Crippen LogP contribution >= 0.6 is 23.4 Å². The highest BCUT2D eigenvalue weighted by Crippen LogP contribution is 2.33. The number of imide groups is 1. The molecule has 8 heteroatoms. The fourth-order valence-electron chi connectivity index (χ4n) is 2.51. The Hall–Kier alpha value is -2.77. The van der Waals surface area contributed by atoms with Crippen LogP contribution in [0.3, 0.4) is 0 Å². The number of carbonyl (C=O) groups is 2. The summed E-state index contributed by atoms with van der Waals surface area (Å²) in [5.74, 6) is 0.294. The van der Waals surface area contributed by atoms with Gasteiger partial charge in [-0.25, -0.2) is 0 Å². The third-order valence-corrected chi connectivity index (χ3v) is 5.23. The van der Waals surface area contributed by atoms with Crippen molar-refractivity contribution in [1.82, 2.24) is 4.90 Å². The molecular weight excluding hydrogens is 400 g/mol. The molecule has 0 unspecified atom stereocenters. The minimum atomic E-state index is -0.366. The van der Waals surface area contributed by atoms with E-state index in [4.69, 9.17) is 16.3 Å². The number of rotatable bonds is 6. The van der Waals surface area contributed by atoms with Crippen LogP contribution in [0.1, 0.15) is 11.1 Å². The van der Waals surface area contributed by atoms with E-state index in [0.29, 0.717) is 26.8 Å². The molecule has 0 spiro atoms. The first kappa shape index (κ1) is 20.0. The van der Waals surface area contributed by atoms with E-state index in [1.54, 1.807) is 36.4 Å². The molecule has 2 amide bonds. The number of amides is 2. The van der Waals surface area contributed by atoms with Crippen LogP contribution in [0.4, 0.5) is 4.79 Å². The molecule has 1 heterocycles. The van der Waals surface area contributed by atoms with Crippen LogP contribution in [0.2, 0.25) is 5.02 Å². The van der Waals surface area contributed by atoms with Gasteiger partial charge in [0.1, 0.15) is 11.5 Å². The fraction of sp³-hybridized carbons (Fsp3) is 0.150. The summed E-state index contributed by atoms with van der Waals surface area (Å²) < 4.78 is 5.11. The van der Waals surface area contributed by atoms with Crippen molar-refractivity contribution < 1.29 is 19.4 Å². The summed E-state index contributed by atoms with van der Waals surface area (Å²) in [6.45, 7) is 0.361. The Morgan fingerprint density at radius 1 is 1.21 bits per heavy atom. The average molecular weight is 417 g/mol. The van der Waals surface area contributed by atoms with E-state index in [1.807, 2.05) is 6.07 Å². The molecule has 1 fully saturated rings. The molecule has 0 aliphatic carbocycles. The Labute approximate surface area is 171 Å². The van der Waals surface area contributed by atoms with Gasteiger partial charge in [0, 0.05) is 23.3 Å². The minimum Gasteiger partial charge on any atom is -0.507 e. The largest absolute Gasteiger partial charge is 0.507 e. The van der Waals surface area contributed by atoms with Crippen molar-refractivity contribution in [3.05, 3.63) is 63.5 Å². The molecule has 0 saturated carbocycles. The van der Waals surface area contributed by atoms with Gasteiger partial charge in [-0.15, -0.1) is 0 Å². The predicted molar refractivity (Wildman–Crippen MR) is 111 cm³/mol. The van der Waals surface area contributed by atoms with Gasteiger partial charge in [-0.05, 0) is 47.7 Å². The third-order valence-electron chi connectivity index (χ3n) is 3.98. The standard InChI is InChI=1S/C20H17ClN2O4S/c1-27-15-6-7-17(24)14(10-15)12-22-8-9-23-19(25)18(28-20(23)26)11-13-4-2-3-5-16(13)21/h2-7,10-12,24H,8-9H2,1H3/b18-11-,22-12?. The van der Waals surface area contributed by atoms with Crippen molar-refractivity contribution in [3.8, 4) is 11.5 Å². The summed E-state index contributed by atoms with van der Waals surface area (Å²) >= 11 is 6.98. The molecule has 0 aromatic heterocycles. The molecule has 0 bridgehead atoms. The van der Waals surface area contributed by atoms with E-state index in [0.717, 1.165) is 16.7 Å². The predicted octanol–water partition coefficient (Wildman–Crippen LogP) is 4.21. The molecule has 0 radical (unpaired) electrons. The van der Waals surface area contributed by atoms with Crippen molar-refractivity contribution in [2.24, 2.45) is 4.99 Å². The molecule has 1 N–H and O–H groups in total. The Morgan fingerprint density at radius 2 is 2.00 bits per heavy atom. The van der Waals surface area contributed by atoms with Crippen LogP contribution in [0.5, 0.6) is 11.5 Å². The van der Waals surface area contributed by atoms with E-state index < -0.39 is 0 Å². The molecule has 0 atom stereocenters. The second kappa shape index (κ2) is 8.95. The topological polar surface area (TPSA) is 79.2 Å². The lowest BCUT2D eigenvalue weighted by atomic mass is 10.2. The average Bonchev–Trinajstić information content (AvgIpc) is 2.95. The Balaban J connectivity index is 1.65. The van der Waals surface area contributed by atoms with Gasteiger partial charge in [0.15, 0.2) is 0 Å². The van der Waals surface area contributed by atoms with E-state index in [9.17, 15) is 14.7 Å². The number of thioether (sulfide) groups is 1. The van der Waals surface area contributed by atoms with Crippen molar-refractivity contribution in [2.45, 2.75) is 0 Å². The summed E-state index contributed by atoms with van der Waals surface area (Å²) in [5, 5.41) is 10.0. The molecule has 28 heavy (non-hydrogen) atoms. The maximum Gasteiger partial charge on any atom is 0.293 e. The summed E-state index contributed by atoms with van der Waals surface area (Å²) in [6.07, 6.45) is 3.10. The zero-order chi connectivity index (χ0) is 20.1. The molecule has 144 valence electrons. The van der Waals surface area contributed by atoms with Crippen LogP contribution in [0.25, 0.3) is 6.08 Å². The Bertz CT molecular complexity index is 974. The van der Waals surface area contributed by atoms with Gasteiger partial charge in [-0.1, -0.05) is 29.8 Å². The quantitative estimate of drug-likeness (QED) is 0.563. The zero-order valence-corrected chi connectivity index (χ0v) is 16.5. The lowest BCUT2D eigenvalue weighted by Crippen LogP contribution is -2.30. The maximum absolute atomic E-state index is 12.5. The first-order chi connectivity index (χ1) is 13.5. The molecule has 1 aliphatic rings. The molecule has 2 aromatic rings. The smallest absolute Gasteiger partial charge is 0.293 e. The summed E-state index contributed by atoms with van der Waals surface area (Å²) in [4.78, 5) is 30.3. The number of hydrogen-bond acceptors (Lipinski definition) is 6. The van der Waals surface area contributed by atoms with E-state index >= 15 is 0 Å². The fourth-order valence-corrected chi connectivity index (χ4v) is 3.56. The normalized spacial score (nSPS) is 15.8. The third kappa shape index (κ3) is 4.55. The van der Waals surface area contributed by atoms with Crippen LogP contribution in [-0.4, -0.2) is 47.6 Å². The second-order valence-electron chi connectivity index (χ2n) is 5.81. The molecule has 1 aliphatic heterocycles. The number of ether oxygens (including phenoxy) is 1. The van der Waals surface area contributed by atoms with Crippen molar-refractivity contribution in [1.29, 1.82) is 0 Å². The number of hydrogen-bond donors (Lipinski definition) is 1. The van der Waals surface area contributed by atoms with Crippen molar-refractivity contribution in [3.63, 3.8) is 0 Å². The minimum absolute atomic E-state index is 0.0680. The Morgan fingerprint density at radius 3 is 2.75 bits per heavy atom. The number of carbonyl (C=O) groups excluding carboxylic acids is 2. The van der Waals surface area contributed by atoms with Gasteiger partial charge in [0.05, 0.1) is 18.6 Å². The maximum atomic E-state index is 12.5. The van der Waals surface area contributed by atoms with Crippen molar-refractivity contribution >= 4 is 46.8 Å². The van der Waals surface area contributed by atoms with Crippen LogP contribution in [0, 0.1) is 0 Å². The van der Waals surface area contributed by atoms with Crippen LogP contribution < -0.4 is 4.74 Å². The van der Waals surface area contributed by atoms with Gasteiger partial charge in [-0.2, -0.15) is 0 Å². The lowest BCUT2D eigenvalue weighted by Gasteiger charge is -2.10. The van der Waals surface area contributed by atoms with Crippen LogP contribution in [-0.2, 0) is 4.79 Å². The highest BCUT2D eigenvalue weighted by Gasteiger charge is 2.34. The monoisotopic (exact) mass is 416 g/mol. The highest BCUT2D eigenvalue weighted by molar-refractivity contribution is 8.18. The van der Waals surface area contributed by atoms with Gasteiger partial charge >= 0.3 is 0 Å². The van der Waals surface area contributed by atoms with Gasteiger partial charge < -0.3 is 9.84 Å². The van der Waals surface area contributed by atoms with Crippen molar-refractivity contribution in [2.75, 3.05) is 20.2 Å². The zero-order valence-electron chi connectivity index (χ0n) is 15.0. The second-order valence-corrected chi connectivity index (χ2v) is 7.22. The highest BCUT2D eigenvalue weighted by atomic mass is 35.5. The van der Waals surface area contributed by atoms with Crippen LogP contribution in [0.15, 0.2) is 52.4 Å². The number of phenolic OH excluding ortho intramolecular Hbond substituents is 1. The number of nitrogens with zero attached hydrogens (tertiary/aromatic N) is 2. The molecular formula is C20H17ClN2O4S. The first-order valence-corrected chi connectivity index (χ1v) is 9.56. The molecule has 6 nitrogen and oxygen atoms in total. The number of methoxy groups -OCH3 is 1. The summed E-state index contributed by atoms with van der Waals surface area (Å²) in [6, 6.07) is 11.9. The number of phenols is 1. The number of halogens is 1. The summed E-state index contributed by atoms with van der Waals surface area (Å²) in [5.41, 5.74) is 1.17. The van der Waals surface area contributed by atoms with Gasteiger partial charge in [-0.3, -0.25) is 19.5 Å². The van der Waals surface area contributed by atoms with Gasteiger partial charge in [0.25, 0.3) is 11.1 Å². The number of aliphatic imine (C=N–C) groups is 1. The number of aromatic hydroxyl groups is 1. The lowest BCUT2D eigenvalue weighted by molar-refractivity contribution is -0.122. The molecule has 2 aromatic carbocycles. The Kier molecular flexibility index (Phi) is 6.38. The van der Waals surface area contributed by atoms with E-state index in [-0.39, 0.29) is 30.0 Å². The van der Waals surface area contributed by atoms with E-state index in [1.165, 1.54) is 19.4 Å². The molecule has 3 rings (SSSR count). The first-order valence-electron chi connectivity index (χ1n) is 8.36. The van der Waals surface area contributed by atoms with Gasteiger partial charge in [0.2, 0.25) is 0 Å². The number of benzene rings is 2.